The van der Waals surface area contributed by atoms with E-state index in [1.807, 2.05) is 0 Å². The second-order valence-corrected chi connectivity index (χ2v) is 6.43. The molecule has 1 saturated heterocycles. The van der Waals surface area contributed by atoms with Crippen LogP contribution in [0.15, 0.2) is 0 Å². The van der Waals surface area contributed by atoms with E-state index in [1.165, 1.54) is 0 Å². The van der Waals surface area contributed by atoms with E-state index < -0.39 is 11.5 Å². The molecule has 5 nitrogen and oxygen atoms in total. The zero-order valence-electron chi connectivity index (χ0n) is 13.1. The Morgan fingerprint density at radius 1 is 1.45 bits per heavy atom. The van der Waals surface area contributed by atoms with Gasteiger partial charge in [0.2, 0.25) is 0 Å². The van der Waals surface area contributed by atoms with Gasteiger partial charge in [-0.15, -0.1) is 0 Å². The minimum atomic E-state index is -0.714. The molecule has 2 fully saturated rings. The molecule has 3 unspecified atom stereocenters. The van der Waals surface area contributed by atoms with Gasteiger partial charge in [0, 0.05) is 31.7 Å². The largest absolute Gasteiger partial charge is 0.480 e. The summed E-state index contributed by atoms with van der Waals surface area (Å²) in [7, 11) is 3.98. The fraction of sp³-hybridized carbons (Fsp3) is 0.933. The van der Waals surface area contributed by atoms with Gasteiger partial charge in [-0.25, -0.2) is 0 Å². The number of rotatable bonds is 4. The summed E-state index contributed by atoms with van der Waals surface area (Å²) in [5.41, 5.74) is -0.714. The van der Waals surface area contributed by atoms with E-state index in [9.17, 15) is 9.90 Å². The summed E-state index contributed by atoms with van der Waals surface area (Å²) in [5.74, 6) is -0.689. The Bertz CT molecular complexity index is 350. The van der Waals surface area contributed by atoms with Gasteiger partial charge < -0.3 is 15.3 Å². The summed E-state index contributed by atoms with van der Waals surface area (Å²) in [6, 6.07) is 1.02. The summed E-state index contributed by atoms with van der Waals surface area (Å²) in [4.78, 5) is 16.6. The molecule has 0 amide bonds. The van der Waals surface area contributed by atoms with Gasteiger partial charge in [-0.1, -0.05) is 6.92 Å². The van der Waals surface area contributed by atoms with Gasteiger partial charge in [-0.2, -0.15) is 0 Å². The van der Waals surface area contributed by atoms with Crippen LogP contribution in [0, 0.1) is 0 Å². The van der Waals surface area contributed by atoms with Crippen LogP contribution in [-0.4, -0.2) is 72.2 Å². The summed E-state index contributed by atoms with van der Waals surface area (Å²) in [6.07, 6.45) is 4.78. The molecule has 2 aliphatic rings. The smallest absolute Gasteiger partial charge is 0.323 e. The van der Waals surface area contributed by atoms with E-state index in [0.717, 1.165) is 51.7 Å². The number of hydrogen-bond donors (Lipinski definition) is 2. The van der Waals surface area contributed by atoms with Gasteiger partial charge >= 0.3 is 5.97 Å². The Hall–Kier alpha value is -0.650. The van der Waals surface area contributed by atoms with Crippen molar-refractivity contribution in [2.45, 2.75) is 56.7 Å². The molecule has 2 N–H and O–H groups in total. The van der Waals surface area contributed by atoms with Crippen molar-refractivity contribution in [2.75, 3.05) is 33.7 Å². The molecule has 5 heteroatoms. The van der Waals surface area contributed by atoms with Crippen LogP contribution in [-0.2, 0) is 4.79 Å². The molecule has 1 heterocycles. The minimum Gasteiger partial charge on any atom is -0.480 e. The third kappa shape index (κ3) is 3.00. The van der Waals surface area contributed by atoms with Gasteiger partial charge in [0.25, 0.3) is 0 Å². The van der Waals surface area contributed by atoms with E-state index >= 15 is 0 Å². The quantitative estimate of drug-likeness (QED) is 0.806. The average Bonchev–Trinajstić information content (AvgIpc) is 2.47. The van der Waals surface area contributed by atoms with E-state index in [2.05, 4.69) is 29.1 Å². The molecule has 116 valence electrons. The predicted molar refractivity (Wildman–Crippen MR) is 80.0 cm³/mol. The third-order valence-corrected chi connectivity index (χ3v) is 5.41. The van der Waals surface area contributed by atoms with Crippen molar-refractivity contribution in [3.8, 4) is 0 Å². The number of piperazine rings is 1. The van der Waals surface area contributed by atoms with Gasteiger partial charge in [0.1, 0.15) is 5.54 Å². The highest BCUT2D eigenvalue weighted by atomic mass is 16.4. The SMILES string of the molecule is CCC1CN(C2CCCC(NC)(C(=O)O)C2)CCN1C. The number of aliphatic carboxylic acids is 1. The van der Waals surface area contributed by atoms with Crippen LogP contribution < -0.4 is 5.32 Å². The molecule has 0 aromatic rings. The standard InChI is InChI=1S/C15H29N3O2/c1-4-12-11-18(9-8-17(12)3)13-6-5-7-15(10-13,16-2)14(19)20/h12-13,16H,4-11H2,1-3H3,(H,19,20). The zero-order valence-corrected chi connectivity index (χ0v) is 13.1. The van der Waals surface area contributed by atoms with Crippen LogP contribution in [0.2, 0.25) is 0 Å². The number of hydrogen-bond acceptors (Lipinski definition) is 4. The molecule has 1 aliphatic heterocycles. The second kappa shape index (κ2) is 6.41. The molecular weight excluding hydrogens is 254 g/mol. The maximum absolute atomic E-state index is 11.6. The van der Waals surface area contributed by atoms with E-state index in [-0.39, 0.29) is 0 Å². The van der Waals surface area contributed by atoms with E-state index in [1.54, 1.807) is 7.05 Å². The van der Waals surface area contributed by atoms with Gasteiger partial charge in [0.05, 0.1) is 0 Å². The van der Waals surface area contributed by atoms with Crippen molar-refractivity contribution in [3.05, 3.63) is 0 Å². The number of likely N-dealkylation sites (N-methyl/N-ethyl adjacent to an activating group) is 2. The fourth-order valence-electron chi connectivity index (χ4n) is 3.83. The van der Waals surface area contributed by atoms with Crippen LogP contribution in [0.1, 0.15) is 39.0 Å². The Labute approximate surface area is 122 Å². The molecule has 0 aromatic carbocycles. The molecule has 0 radical (unpaired) electrons. The van der Waals surface area contributed by atoms with Crippen molar-refractivity contribution < 1.29 is 9.90 Å². The summed E-state index contributed by atoms with van der Waals surface area (Å²) < 4.78 is 0. The van der Waals surface area contributed by atoms with E-state index in [4.69, 9.17) is 0 Å². The van der Waals surface area contributed by atoms with Crippen LogP contribution in [0.4, 0.5) is 0 Å². The molecule has 1 saturated carbocycles. The molecule has 1 aliphatic carbocycles. The first kappa shape index (κ1) is 15.7. The molecule has 3 atom stereocenters. The summed E-state index contributed by atoms with van der Waals surface area (Å²) >= 11 is 0. The molecule has 20 heavy (non-hydrogen) atoms. The minimum absolute atomic E-state index is 0.412. The lowest BCUT2D eigenvalue weighted by atomic mass is 9.78. The third-order valence-electron chi connectivity index (χ3n) is 5.41. The number of nitrogens with one attached hydrogen (secondary N) is 1. The lowest BCUT2D eigenvalue weighted by Gasteiger charge is -2.47. The number of carbonyl (C=O) groups is 1. The first-order valence-corrected chi connectivity index (χ1v) is 7.89. The van der Waals surface area contributed by atoms with Crippen molar-refractivity contribution >= 4 is 5.97 Å². The summed E-state index contributed by atoms with van der Waals surface area (Å²) in [6.45, 7) is 5.48. The van der Waals surface area contributed by atoms with Gasteiger partial charge in [-0.3, -0.25) is 9.69 Å². The molecule has 2 rings (SSSR count). The highest BCUT2D eigenvalue weighted by Gasteiger charge is 2.43. The normalized spacial score (nSPS) is 37.0. The fourth-order valence-corrected chi connectivity index (χ4v) is 3.83. The topological polar surface area (TPSA) is 55.8 Å². The first-order chi connectivity index (χ1) is 9.52. The predicted octanol–water partition coefficient (Wildman–Crippen LogP) is 0.998. The Balaban J connectivity index is 2.03. The van der Waals surface area contributed by atoms with Gasteiger partial charge in [0.15, 0.2) is 0 Å². The highest BCUT2D eigenvalue weighted by Crippen LogP contribution is 2.32. The Morgan fingerprint density at radius 2 is 2.20 bits per heavy atom. The average molecular weight is 283 g/mol. The van der Waals surface area contributed by atoms with Crippen LogP contribution >= 0.6 is 0 Å². The second-order valence-electron chi connectivity index (χ2n) is 6.43. The lowest BCUT2D eigenvalue weighted by molar-refractivity contribution is -0.147. The first-order valence-electron chi connectivity index (χ1n) is 7.89. The Morgan fingerprint density at radius 3 is 2.80 bits per heavy atom. The molecular formula is C15H29N3O2. The maximum atomic E-state index is 11.6. The number of nitrogens with zero attached hydrogens (tertiary/aromatic N) is 2. The molecule has 0 aromatic heterocycles. The summed E-state index contributed by atoms with van der Waals surface area (Å²) in [5, 5.41) is 12.6. The molecule has 0 bridgehead atoms. The lowest BCUT2D eigenvalue weighted by Crippen LogP contribution is -2.60. The van der Waals surface area contributed by atoms with Crippen LogP contribution in [0.25, 0.3) is 0 Å². The highest BCUT2D eigenvalue weighted by molar-refractivity contribution is 5.79. The molecule has 0 spiro atoms. The van der Waals surface area contributed by atoms with Crippen LogP contribution in [0.3, 0.4) is 0 Å². The van der Waals surface area contributed by atoms with E-state index in [0.29, 0.717) is 12.1 Å². The zero-order chi connectivity index (χ0) is 14.8. The van der Waals surface area contributed by atoms with Crippen molar-refractivity contribution in [1.82, 2.24) is 15.1 Å². The van der Waals surface area contributed by atoms with Gasteiger partial charge in [-0.05, 0) is 46.2 Å². The number of carboxylic acids is 1. The van der Waals surface area contributed by atoms with Crippen molar-refractivity contribution in [1.29, 1.82) is 0 Å². The van der Waals surface area contributed by atoms with Crippen molar-refractivity contribution in [2.24, 2.45) is 0 Å². The monoisotopic (exact) mass is 283 g/mol. The number of carboxylic acid groups (broad SMARTS) is 1. The Kier molecular flexibility index (Phi) is 5.04. The maximum Gasteiger partial charge on any atom is 0.323 e. The van der Waals surface area contributed by atoms with Crippen LogP contribution in [0.5, 0.6) is 0 Å². The van der Waals surface area contributed by atoms with Crippen molar-refractivity contribution in [3.63, 3.8) is 0 Å².